The van der Waals surface area contributed by atoms with Gasteiger partial charge in [-0.25, -0.2) is 4.79 Å². The van der Waals surface area contributed by atoms with E-state index in [9.17, 15) is 9.59 Å². The van der Waals surface area contributed by atoms with Gasteiger partial charge in [-0.2, -0.15) is 0 Å². The molecule has 0 rings (SSSR count). The van der Waals surface area contributed by atoms with Gasteiger partial charge in [0, 0.05) is 0 Å². The van der Waals surface area contributed by atoms with E-state index in [0.29, 0.717) is 0 Å². The van der Waals surface area contributed by atoms with E-state index >= 15 is 0 Å². The molecule has 4 nitrogen and oxygen atoms in total. The minimum Gasteiger partial charge on any atom is -0.481 e. The molecule has 14 heavy (non-hydrogen) atoms. The Morgan fingerprint density at radius 3 is 2.71 bits per heavy atom. The van der Waals surface area contributed by atoms with Gasteiger partial charge in [-0.05, 0) is 19.1 Å². The summed E-state index contributed by atoms with van der Waals surface area (Å²) in [5.74, 6) is -1.63. The topological polar surface area (TPSA) is 63.6 Å². The first-order chi connectivity index (χ1) is 6.57. The fraction of sp³-hybridized carbons (Fsp3) is 0.300. The van der Waals surface area contributed by atoms with Crippen LogP contribution >= 0.6 is 0 Å². The van der Waals surface area contributed by atoms with Gasteiger partial charge in [-0.3, -0.25) is 4.79 Å². The largest absolute Gasteiger partial charge is 0.481 e. The Labute approximate surface area is 82.2 Å². The average molecular weight is 196 g/mol. The maximum Gasteiger partial charge on any atom is 0.338 e. The number of esters is 1. The Kier molecular flexibility index (Phi) is 5.83. The lowest BCUT2D eigenvalue weighted by atomic mass is 10.3. The summed E-state index contributed by atoms with van der Waals surface area (Å²) in [5, 5.41) is 8.27. The van der Waals surface area contributed by atoms with E-state index < -0.39 is 11.9 Å². The number of ether oxygens (including phenoxy) is 1. The lowest BCUT2D eigenvalue weighted by molar-refractivity contribution is -0.143. The van der Waals surface area contributed by atoms with Crippen molar-refractivity contribution in [3.63, 3.8) is 0 Å². The molecular weight excluding hydrogens is 184 g/mol. The standard InChI is InChI=1S/C10H12O4/c1-3-4-5-8(2)10(13)14-7-6-9(11)12/h3,5H,2,6-7H2,1H3,(H,11,12). The van der Waals surface area contributed by atoms with Gasteiger partial charge >= 0.3 is 11.9 Å². The molecule has 0 heterocycles. The predicted molar refractivity (Wildman–Crippen MR) is 50.7 cm³/mol. The molecule has 0 amide bonds. The molecular formula is C10H12O4. The lowest BCUT2D eigenvalue weighted by Crippen LogP contribution is -2.09. The molecule has 0 bridgehead atoms. The maximum atomic E-state index is 11.0. The van der Waals surface area contributed by atoms with Crippen molar-refractivity contribution >= 4 is 11.9 Å². The van der Waals surface area contributed by atoms with Crippen LogP contribution < -0.4 is 0 Å². The molecule has 0 spiro atoms. The Bertz CT molecular complexity index is 295. The van der Waals surface area contributed by atoms with Crippen molar-refractivity contribution in [3.05, 3.63) is 30.0 Å². The number of hydrogen-bond acceptors (Lipinski definition) is 3. The van der Waals surface area contributed by atoms with Crippen LogP contribution in [0.4, 0.5) is 0 Å². The van der Waals surface area contributed by atoms with Crippen LogP contribution in [-0.4, -0.2) is 23.7 Å². The van der Waals surface area contributed by atoms with Crippen molar-refractivity contribution in [2.75, 3.05) is 6.61 Å². The zero-order chi connectivity index (χ0) is 11.0. The number of carboxylic acids is 1. The molecule has 0 aromatic heterocycles. The van der Waals surface area contributed by atoms with E-state index in [2.05, 4.69) is 17.0 Å². The molecule has 0 aliphatic rings. The third kappa shape index (κ3) is 5.80. The van der Waals surface area contributed by atoms with Crippen LogP contribution in [0.1, 0.15) is 13.3 Å². The predicted octanol–water partition coefficient (Wildman–Crippen LogP) is 1.29. The van der Waals surface area contributed by atoms with E-state index in [0.717, 1.165) is 0 Å². The quantitative estimate of drug-likeness (QED) is 0.311. The smallest absolute Gasteiger partial charge is 0.338 e. The summed E-state index contributed by atoms with van der Waals surface area (Å²) in [5.41, 5.74) is 2.81. The van der Waals surface area contributed by atoms with Crippen LogP contribution in [0, 0.1) is 0 Å². The highest BCUT2D eigenvalue weighted by Crippen LogP contribution is 1.96. The summed E-state index contributed by atoms with van der Waals surface area (Å²) in [6, 6.07) is 0. The van der Waals surface area contributed by atoms with Gasteiger partial charge in [0.05, 0.1) is 12.0 Å². The van der Waals surface area contributed by atoms with Crippen LogP contribution in [-0.2, 0) is 14.3 Å². The Balaban J connectivity index is 3.91. The first-order valence-electron chi connectivity index (χ1n) is 4.03. The molecule has 0 radical (unpaired) electrons. The Morgan fingerprint density at radius 2 is 2.21 bits per heavy atom. The van der Waals surface area contributed by atoms with Gasteiger partial charge in [-0.1, -0.05) is 6.58 Å². The summed E-state index contributed by atoms with van der Waals surface area (Å²) >= 11 is 0. The SMILES string of the molecule is C=C(C=C=CC)C(=O)OCCC(=O)O. The van der Waals surface area contributed by atoms with Crippen molar-refractivity contribution in [2.45, 2.75) is 13.3 Å². The molecule has 0 saturated heterocycles. The van der Waals surface area contributed by atoms with Gasteiger partial charge < -0.3 is 9.84 Å². The third-order valence-electron chi connectivity index (χ3n) is 1.24. The fourth-order valence-electron chi connectivity index (χ4n) is 0.567. The zero-order valence-electron chi connectivity index (χ0n) is 7.95. The van der Waals surface area contributed by atoms with Crippen molar-refractivity contribution in [2.24, 2.45) is 0 Å². The highest BCUT2D eigenvalue weighted by Gasteiger charge is 2.05. The van der Waals surface area contributed by atoms with Gasteiger partial charge in [0.25, 0.3) is 0 Å². The van der Waals surface area contributed by atoms with E-state index in [1.54, 1.807) is 13.0 Å². The highest BCUT2D eigenvalue weighted by molar-refractivity contribution is 5.90. The monoisotopic (exact) mass is 196 g/mol. The molecule has 0 aliphatic heterocycles. The fourth-order valence-corrected chi connectivity index (χ4v) is 0.567. The van der Waals surface area contributed by atoms with Crippen LogP contribution in [0.25, 0.3) is 0 Å². The average Bonchev–Trinajstić information content (AvgIpc) is 2.13. The first-order valence-corrected chi connectivity index (χ1v) is 4.03. The van der Waals surface area contributed by atoms with Crippen molar-refractivity contribution in [3.8, 4) is 0 Å². The van der Waals surface area contributed by atoms with Gasteiger partial charge in [-0.15, -0.1) is 5.73 Å². The van der Waals surface area contributed by atoms with Crippen LogP contribution in [0.5, 0.6) is 0 Å². The van der Waals surface area contributed by atoms with E-state index in [4.69, 9.17) is 5.11 Å². The van der Waals surface area contributed by atoms with Gasteiger partial charge in [0.2, 0.25) is 0 Å². The molecule has 0 saturated carbocycles. The summed E-state index contributed by atoms with van der Waals surface area (Å²) < 4.78 is 4.61. The molecule has 0 aromatic carbocycles. The summed E-state index contributed by atoms with van der Waals surface area (Å²) in [6.07, 6.45) is 2.80. The van der Waals surface area contributed by atoms with Crippen molar-refractivity contribution in [1.82, 2.24) is 0 Å². The number of aliphatic carboxylic acids is 1. The maximum absolute atomic E-state index is 11.0. The minimum atomic E-state index is -1.01. The van der Waals surface area contributed by atoms with E-state index in [1.807, 2.05) is 0 Å². The van der Waals surface area contributed by atoms with Crippen molar-refractivity contribution < 1.29 is 19.4 Å². The van der Waals surface area contributed by atoms with Crippen molar-refractivity contribution in [1.29, 1.82) is 0 Å². The molecule has 0 fully saturated rings. The number of hydrogen-bond donors (Lipinski definition) is 1. The van der Waals surface area contributed by atoms with E-state index in [1.165, 1.54) is 6.08 Å². The second-order valence-electron chi connectivity index (χ2n) is 2.40. The summed E-state index contributed by atoms with van der Waals surface area (Å²) in [4.78, 5) is 21.1. The highest BCUT2D eigenvalue weighted by atomic mass is 16.5. The molecule has 0 atom stereocenters. The van der Waals surface area contributed by atoms with Gasteiger partial charge in [0.15, 0.2) is 0 Å². The molecule has 76 valence electrons. The molecule has 0 aliphatic carbocycles. The van der Waals surface area contributed by atoms with Crippen LogP contribution in [0.15, 0.2) is 30.0 Å². The van der Waals surface area contributed by atoms with Crippen LogP contribution in [0.3, 0.4) is 0 Å². The normalized spacial score (nSPS) is 8.36. The number of carbonyl (C=O) groups excluding carboxylic acids is 1. The van der Waals surface area contributed by atoms with Crippen LogP contribution in [0.2, 0.25) is 0 Å². The lowest BCUT2D eigenvalue weighted by Gasteiger charge is -2.00. The Morgan fingerprint density at radius 1 is 1.57 bits per heavy atom. The second kappa shape index (κ2) is 6.69. The number of rotatable bonds is 5. The van der Waals surface area contributed by atoms with Gasteiger partial charge in [0.1, 0.15) is 6.61 Å². The Hall–Kier alpha value is -1.80. The number of carboxylic acid groups (broad SMARTS) is 1. The third-order valence-corrected chi connectivity index (χ3v) is 1.24. The molecule has 0 unspecified atom stereocenters. The summed E-state index contributed by atoms with van der Waals surface area (Å²) in [6.45, 7) is 5.04. The number of carbonyl (C=O) groups is 2. The zero-order valence-corrected chi connectivity index (χ0v) is 7.95. The molecule has 1 N–H and O–H groups in total. The summed E-state index contributed by atoms with van der Waals surface area (Å²) in [7, 11) is 0. The molecule has 4 heteroatoms. The first kappa shape index (κ1) is 12.2. The van der Waals surface area contributed by atoms with E-state index in [-0.39, 0.29) is 18.6 Å². The second-order valence-corrected chi connectivity index (χ2v) is 2.40. The molecule has 0 aromatic rings. The minimum absolute atomic E-state index is 0.142.